The molecule has 4 rings (SSSR count). The number of rotatable bonds is 2. The zero-order valence-corrected chi connectivity index (χ0v) is 14.5. The number of aromatic nitrogens is 3. The molecule has 0 radical (unpaired) electrons. The van der Waals surface area contributed by atoms with E-state index in [-0.39, 0.29) is 22.9 Å². The van der Waals surface area contributed by atoms with E-state index in [1.807, 2.05) is 23.1 Å². The Balaban J connectivity index is 1.59. The molecule has 1 fully saturated rings. The van der Waals surface area contributed by atoms with Gasteiger partial charge in [0.25, 0.3) is 5.91 Å². The lowest BCUT2D eigenvalue weighted by Gasteiger charge is -2.32. The van der Waals surface area contributed by atoms with Crippen LogP contribution in [0.15, 0.2) is 23.0 Å². The summed E-state index contributed by atoms with van der Waals surface area (Å²) in [5, 5.41) is 6.43. The highest BCUT2D eigenvalue weighted by molar-refractivity contribution is 5.97. The van der Waals surface area contributed by atoms with Crippen molar-refractivity contribution in [3.05, 3.63) is 45.6 Å². The number of H-pyrrole nitrogens is 2. The average Bonchev–Trinajstić information content (AvgIpc) is 3.18. The molecule has 132 valence electrons. The minimum absolute atomic E-state index is 0.0165. The molecule has 1 atom stereocenters. The van der Waals surface area contributed by atoms with Gasteiger partial charge in [-0.25, -0.2) is 9.89 Å². The van der Waals surface area contributed by atoms with Gasteiger partial charge in [-0.1, -0.05) is 26.0 Å². The number of nitrogens with one attached hydrogen (secondary N) is 2. The van der Waals surface area contributed by atoms with Crippen LogP contribution in [0.3, 0.4) is 0 Å². The van der Waals surface area contributed by atoms with E-state index in [4.69, 9.17) is 4.74 Å². The van der Waals surface area contributed by atoms with E-state index in [0.29, 0.717) is 36.8 Å². The fourth-order valence-corrected chi connectivity index (χ4v) is 3.76. The smallest absolute Gasteiger partial charge is 0.340 e. The Morgan fingerprint density at radius 1 is 1.40 bits per heavy atom. The van der Waals surface area contributed by atoms with Crippen molar-refractivity contribution in [2.75, 3.05) is 19.7 Å². The van der Waals surface area contributed by atoms with Crippen molar-refractivity contribution in [3.63, 3.8) is 0 Å². The topological polar surface area (TPSA) is 91.1 Å². The molecule has 2 aromatic rings. The largest absolute Gasteiger partial charge is 0.492 e. The minimum Gasteiger partial charge on any atom is -0.492 e. The molecule has 7 heteroatoms. The van der Waals surface area contributed by atoms with Gasteiger partial charge < -0.3 is 9.64 Å². The van der Waals surface area contributed by atoms with E-state index < -0.39 is 0 Å². The fraction of sp³-hybridized carbons (Fsp3) is 0.500. The molecular weight excluding hydrogens is 320 g/mol. The van der Waals surface area contributed by atoms with Crippen LogP contribution in [0, 0.1) is 0 Å². The number of benzene rings is 1. The molecule has 3 heterocycles. The molecule has 0 unspecified atom stereocenters. The predicted octanol–water partition coefficient (Wildman–Crippen LogP) is 1.79. The number of ether oxygens (including phenoxy) is 1. The van der Waals surface area contributed by atoms with Crippen molar-refractivity contribution in [3.8, 4) is 5.75 Å². The Morgan fingerprint density at radius 2 is 2.24 bits per heavy atom. The maximum atomic E-state index is 13.1. The quantitative estimate of drug-likeness (QED) is 0.870. The number of carbonyl (C=O) groups is 1. The Hall–Kier alpha value is -2.57. The number of para-hydroxylation sites is 1. The molecule has 0 saturated carbocycles. The van der Waals surface area contributed by atoms with Gasteiger partial charge in [0.2, 0.25) is 0 Å². The number of likely N-dealkylation sites (tertiary alicyclic amines) is 1. The second kappa shape index (κ2) is 5.75. The van der Waals surface area contributed by atoms with Gasteiger partial charge in [0, 0.05) is 30.0 Å². The van der Waals surface area contributed by atoms with Gasteiger partial charge in [-0.3, -0.25) is 9.78 Å². The van der Waals surface area contributed by atoms with Gasteiger partial charge in [-0.05, 0) is 18.9 Å². The molecule has 1 saturated heterocycles. The third-order valence-corrected chi connectivity index (χ3v) is 5.17. The van der Waals surface area contributed by atoms with Crippen LogP contribution in [0.5, 0.6) is 5.75 Å². The number of hydrogen-bond acceptors (Lipinski definition) is 4. The molecule has 2 aliphatic heterocycles. The number of piperidine rings is 1. The molecule has 0 aliphatic carbocycles. The van der Waals surface area contributed by atoms with Crippen LogP contribution in [-0.2, 0) is 5.41 Å². The monoisotopic (exact) mass is 342 g/mol. The van der Waals surface area contributed by atoms with Gasteiger partial charge in [0.15, 0.2) is 0 Å². The Bertz CT molecular complexity index is 867. The summed E-state index contributed by atoms with van der Waals surface area (Å²) in [5.41, 5.74) is 1.32. The number of nitrogens with zero attached hydrogens (tertiary/aromatic N) is 2. The van der Waals surface area contributed by atoms with Gasteiger partial charge in [0.05, 0.1) is 12.2 Å². The number of amides is 1. The molecule has 0 spiro atoms. The molecule has 1 aromatic carbocycles. The van der Waals surface area contributed by atoms with Gasteiger partial charge in [-0.15, -0.1) is 0 Å². The van der Waals surface area contributed by atoms with Crippen molar-refractivity contribution in [2.24, 2.45) is 0 Å². The molecule has 2 aliphatic rings. The Kier molecular flexibility index (Phi) is 3.67. The maximum absolute atomic E-state index is 13.1. The van der Waals surface area contributed by atoms with Crippen LogP contribution in [-0.4, -0.2) is 45.7 Å². The molecular formula is C18H22N4O3. The third-order valence-electron chi connectivity index (χ3n) is 5.17. The summed E-state index contributed by atoms with van der Waals surface area (Å²) in [6.07, 6.45) is 1.79. The molecule has 25 heavy (non-hydrogen) atoms. The fourth-order valence-electron chi connectivity index (χ4n) is 3.76. The number of carbonyl (C=O) groups excluding carboxylic acids is 1. The van der Waals surface area contributed by atoms with Gasteiger partial charge in [0.1, 0.15) is 11.6 Å². The highest BCUT2D eigenvalue weighted by Crippen LogP contribution is 2.41. The maximum Gasteiger partial charge on any atom is 0.340 e. The van der Waals surface area contributed by atoms with Crippen molar-refractivity contribution in [1.29, 1.82) is 0 Å². The minimum atomic E-state index is -0.310. The summed E-state index contributed by atoms with van der Waals surface area (Å²) in [4.78, 5) is 28.9. The first-order valence-corrected chi connectivity index (χ1v) is 8.66. The third kappa shape index (κ3) is 2.73. The molecule has 7 nitrogen and oxygen atoms in total. The second-order valence-electron chi connectivity index (χ2n) is 7.51. The van der Waals surface area contributed by atoms with Crippen LogP contribution in [0.1, 0.15) is 54.4 Å². The molecule has 1 aromatic heterocycles. The van der Waals surface area contributed by atoms with E-state index >= 15 is 0 Å². The van der Waals surface area contributed by atoms with Crippen molar-refractivity contribution in [1.82, 2.24) is 20.1 Å². The van der Waals surface area contributed by atoms with E-state index in [1.54, 1.807) is 0 Å². The molecule has 0 bridgehead atoms. The van der Waals surface area contributed by atoms with Crippen LogP contribution in [0.25, 0.3) is 0 Å². The summed E-state index contributed by atoms with van der Waals surface area (Å²) >= 11 is 0. The SMILES string of the molecule is CC1(C)COc2c(C(=O)N3CCC[C@H](c4n[nH]c(=O)[nH]4)C3)cccc21. The molecule has 1 amide bonds. The van der Waals surface area contributed by atoms with Crippen LogP contribution in [0.2, 0.25) is 0 Å². The van der Waals surface area contributed by atoms with Crippen LogP contribution >= 0.6 is 0 Å². The van der Waals surface area contributed by atoms with Crippen LogP contribution < -0.4 is 10.4 Å². The summed E-state index contributed by atoms with van der Waals surface area (Å²) in [7, 11) is 0. The summed E-state index contributed by atoms with van der Waals surface area (Å²) in [6.45, 7) is 6.09. The van der Waals surface area contributed by atoms with E-state index in [9.17, 15) is 9.59 Å². The first kappa shape index (κ1) is 15.9. The second-order valence-corrected chi connectivity index (χ2v) is 7.51. The van der Waals surface area contributed by atoms with Crippen molar-refractivity contribution < 1.29 is 9.53 Å². The van der Waals surface area contributed by atoms with E-state index in [1.165, 1.54) is 0 Å². The summed E-state index contributed by atoms with van der Waals surface area (Å²) in [5.74, 6) is 1.37. The zero-order chi connectivity index (χ0) is 17.6. The first-order chi connectivity index (χ1) is 12.0. The zero-order valence-electron chi connectivity index (χ0n) is 14.5. The predicted molar refractivity (Wildman–Crippen MR) is 92.0 cm³/mol. The Labute approximate surface area is 145 Å². The highest BCUT2D eigenvalue weighted by atomic mass is 16.5. The lowest BCUT2D eigenvalue weighted by atomic mass is 9.86. The number of aromatic amines is 2. The average molecular weight is 342 g/mol. The van der Waals surface area contributed by atoms with Crippen molar-refractivity contribution >= 4 is 5.91 Å². The summed E-state index contributed by atoms with van der Waals surface area (Å²) < 4.78 is 5.86. The normalized spacial score (nSPS) is 21.7. The number of hydrogen-bond donors (Lipinski definition) is 2. The lowest BCUT2D eigenvalue weighted by Crippen LogP contribution is -2.39. The first-order valence-electron chi connectivity index (χ1n) is 8.66. The van der Waals surface area contributed by atoms with Crippen LogP contribution in [0.4, 0.5) is 0 Å². The van der Waals surface area contributed by atoms with Gasteiger partial charge in [-0.2, -0.15) is 5.10 Å². The Morgan fingerprint density at radius 3 is 3.00 bits per heavy atom. The standard InChI is InChI=1S/C18H22N4O3/c1-18(2)10-25-14-12(6-3-7-13(14)18)16(23)22-8-4-5-11(9-22)15-19-17(24)21-20-15/h3,6-7,11H,4-5,8-10H2,1-2H3,(H2,19,20,21,24)/t11-/m0/s1. The van der Waals surface area contributed by atoms with Gasteiger partial charge >= 0.3 is 5.69 Å². The highest BCUT2D eigenvalue weighted by Gasteiger charge is 2.36. The molecule has 2 N–H and O–H groups in total. The number of fused-ring (bicyclic) bond motifs is 1. The van der Waals surface area contributed by atoms with E-state index in [2.05, 4.69) is 29.0 Å². The lowest BCUT2D eigenvalue weighted by molar-refractivity contribution is 0.0701. The van der Waals surface area contributed by atoms with Crippen molar-refractivity contribution in [2.45, 2.75) is 38.0 Å². The summed E-state index contributed by atoms with van der Waals surface area (Å²) in [6, 6.07) is 5.80. The van der Waals surface area contributed by atoms with E-state index in [0.717, 1.165) is 18.4 Å².